The molecule has 0 spiro atoms. The maximum absolute atomic E-state index is 12.6. The Bertz CT molecular complexity index is 1190. The van der Waals surface area contributed by atoms with E-state index in [0.29, 0.717) is 11.3 Å². The minimum Gasteiger partial charge on any atom is -0.422 e. The number of carbonyl (C=O) groups is 1. The van der Waals surface area contributed by atoms with E-state index in [9.17, 15) is 14.9 Å². The maximum atomic E-state index is 12.6. The van der Waals surface area contributed by atoms with Crippen molar-refractivity contribution in [2.75, 3.05) is 0 Å². The summed E-state index contributed by atoms with van der Waals surface area (Å²) in [7, 11) is 0. The molecule has 4 aromatic rings. The average molecular weight is 411 g/mol. The molecular formula is C20H11ClN2O4S. The lowest BCUT2D eigenvalue weighted by molar-refractivity contribution is -0.384. The molecule has 0 fully saturated rings. The predicted octanol–water partition coefficient (Wildman–Crippen LogP) is 5.74. The number of rotatable bonds is 4. The molecule has 0 aliphatic rings. The van der Waals surface area contributed by atoms with E-state index in [0.717, 1.165) is 21.3 Å². The highest BCUT2D eigenvalue weighted by molar-refractivity contribution is 7.21. The number of nitro groups is 1. The summed E-state index contributed by atoms with van der Waals surface area (Å²) in [6, 6.07) is 18.4. The number of nitrogens with zero attached hydrogens (tertiary/aromatic N) is 2. The zero-order valence-corrected chi connectivity index (χ0v) is 15.7. The molecule has 0 aliphatic heterocycles. The molecule has 8 heteroatoms. The first-order valence-corrected chi connectivity index (χ1v) is 9.33. The van der Waals surface area contributed by atoms with E-state index >= 15 is 0 Å². The summed E-state index contributed by atoms with van der Waals surface area (Å²) < 4.78 is 6.56. The molecule has 0 atom stereocenters. The zero-order valence-electron chi connectivity index (χ0n) is 14.2. The van der Waals surface area contributed by atoms with E-state index in [1.807, 2.05) is 36.4 Å². The molecule has 0 aliphatic carbocycles. The minimum absolute atomic E-state index is 0.0448. The van der Waals surface area contributed by atoms with Crippen LogP contribution in [0.2, 0.25) is 5.02 Å². The number of esters is 1. The fraction of sp³-hybridized carbons (Fsp3) is 0. The van der Waals surface area contributed by atoms with Crippen molar-refractivity contribution in [2.45, 2.75) is 0 Å². The topological polar surface area (TPSA) is 82.3 Å². The van der Waals surface area contributed by atoms with Gasteiger partial charge in [0, 0.05) is 12.1 Å². The van der Waals surface area contributed by atoms with Crippen LogP contribution in [0.4, 0.5) is 5.69 Å². The number of carbonyl (C=O) groups excluding carboxylic acids is 1. The molecule has 0 unspecified atom stereocenters. The first-order chi connectivity index (χ1) is 13.5. The molecule has 4 rings (SSSR count). The maximum Gasteiger partial charge on any atom is 0.345 e. The van der Waals surface area contributed by atoms with Crippen molar-refractivity contribution in [1.82, 2.24) is 4.98 Å². The fourth-order valence-corrected chi connectivity index (χ4v) is 3.91. The second-order valence-electron chi connectivity index (χ2n) is 5.79. The summed E-state index contributed by atoms with van der Waals surface area (Å²) in [5.41, 5.74) is 1.39. The van der Waals surface area contributed by atoms with Crippen molar-refractivity contribution in [3.63, 3.8) is 0 Å². The van der Waals surface area contributed by atoms with E-state index in [-0.39, 0.29) is 16.3 Å². The van der Waals surface area contributed by atoms with Gasteiger partial charge in [-0.3, -0.25) is 10.1 Å². The van der Waals surface area contributed by atoms with Gasteiger partial charge in [-0.25, -0.2) is 9.78 Å². The van der Waals surface area contributed by atoms with Crippen molar-refractivity contribution < 1.29 is 14.5 Å². The normalized spacial score (nSPS) is 10.8. The number of hydrogen-bond donors (Lipinski definition) is 0. The Morgan fingerprint density at radius 3 is 2.57 bits per heavy atom. The second kappa shape index (κ2) is 7.38. The number of aromatic nitrogens is 1. The number of hydrogen-bond acceptors (Lipinski definition) is 6. The second-order valence-corrected chi connectivity index (χ2v) is 7.23. The van der Waals surface area contributed by atoms with Crippen LogP contribution >= 0.6 is 22.9 Å². The molecule has 0 saturated heterocycles. The van der Waals surface area contributed by atoms with Crippen LogP contribution in [-0.4, -0.2) is 15.9 Å². The van der Waals surface area contributed by atoms with Gasteiger partial charge < -0.3 is 4.74 Å². The standard InChI is InChI=1S/C20H11ClN2O4S/c21-15-11-12(23(25)26)9-10-13(15)20(24)27-17-7-3-1-5-14(17)19-22-16-6-2-4-8-18(16)28-19/h1-11H. The van der Waals surface area contributed by atoms with Crippen molar-refractivity contribution in [2.24, 2.45) is 0 Å². The highest BCUT2D eigenvalue weighted by atomic mass is 35.5. The van der Waals surface area contributed by atoms with Crippen LogP contribution in [0.1, 0.15) is 10.4 Å². The van der Waals surface area contributed by atoms with Gasteiger partial charge in [-0.1, -0.05) is 35.9 Å². The lowest BCUT2D eigenvalue weighted by atomic mass is 10.2. The Kier molecular flexibility index (Phi) is 4.77. The van der Waals surface area contributed by atoms with Crippen LogP contribution in [0.5, 0.6) is 5.75 Å². The molecule has 0 bridgehead atoms. The van der Waals surface area contributed by atoms with Gasteiger partial charge in [0.25, 0.3) is 5.69 Å². The van der Waals surface area contributed by atoms with Crippen molar-refractivity contribution in [3.05, 3.63) is 87.4 Å². The molecule has 0 amide bonds. The third kappa shape index (κ3) is 3.45. The van der Waals surface area contributed by atoms with Crippen LogP contribution in [0.3, 0.4) is 0 Å². The van der Waals surface area contributed by atoms with Crippen LogP contribution in [0, 0.1) is 10.1 Å². The third-order valence-corrected chi connectivity index (χ3v) is 5.38. The number of nitro benzene ring substituents is 1. The van der Waals surface area contributed by atoms with Crippen LogP contribution in [0.25, 0.3) is 20.8 Å². The highest BCUT2D eigenvalue weighted by Crippen LogP contribution is 2.36. The summed E-state index contributed by atoms with van der Waals surface area (Å²) in [6.45, 7) is 0. The van der Waals surface area contributed by atoms with Crippen LogP contribution in [0.15, 0.2) is 66.7 Å². The number of halogens is 1. The molecule has 1 heterocycles. The molecule has 0 saturated carbocycles. The lowest BCUT2D eigenvalue weighted by Gasteiger charge is -2.09. The number of ether oxygens (including phenoxy) is 1. The molecule has 6 nitrogen and oxygen atoms in total. The quantitative estimate of drug-likeness (QED) is 0.185. The minimum atomic E-state index is -0.701. The van der Waals surface area contributed by atoms with Gasteiger partial charge >= 0.3 is 5.97 Å². The van der Waals surface area contributed by atoms with Gasteiger partial charge in [0.05, 0.1) is 31.3 Å². The molecule has 0 radical (unpaired) electrons. The zero-order chi connectivity index (χ0) is 19.7. The number of non-ortho nitro benzene ring substituents is 1. The van der Waals surface area contributed by atoms with Crippen LogP contribution < -0.4 is 4.74 Å². The van der Waals surface area contributed by atoms with Crippen molar-refractivity contribution >= 4 is 44.8 Å². The summed E-state index contributed by atoms with van der Waals surface area (Å²) in [4.78, 5) is 27.4. The molecule has 28 heavy (non-hydrogen) atoms. The summed E-state index contributed by atoms with van der Waals surface area (Å²) in [5.74, 6) is -0.366. The Morgan fingerprint density at radius 1 is 1.07 bits per heavy atom. The molecule has 0 N–H and O–H groups in total. The van der Waals surface area contributed by atoms with E-state index < -0.39 is 10.9 Å². The Hall–Kier alpha value is -3.29. The molecule has 3 aromatic carbocycles. The van der Waals surface area contributed by atoms with E-state index in [4.69, 9.17) is 16.3 Å². The smallest absolute Gasteiger partial charge is 0.345 e. The molecular weight excluding hydrogens is 400 g/mol. The van der Waals surface area contributed by atoms with E-state index in [1.165, 1.54) is 23.5 Å². The van der Waals surface area contributed by atoms with Gasteiger partial charge in [0.1, 0.15) is 10.8 Å². The largest absolute Gasteiger partial charge is 0.422 e. The number of para-hydroxylation sites is 2. The van der Waals surface area contributed by atoms with Gasteiger partial charge in [-0.2, -0.15) is 0 Å². The van der Waals surface area contributed by atoms with E-state index in [1.54, 1.807) is 12.1 Å². The van der Waals surface area contributed by atoms with Gasteiger partial charge in [0.2, 0.25) is 0 Å². The van der Waals surface area contributed by atoms with E-state index in [2.05, 4.69) is 4.98 Å². The predicted molar refractivity (Wildman–Crippen MR) is 108 cm³/mol. The Morgan fingerprint density at radius 2 is 1.82 bits per heavy atom. The number of benzene rings is 3. The van der Waals surface area contributed by atoms with Crippen molar-refractivity contribution in [1.29, 1.82) is 0 Å². The SMILES string of the molecule is O=C(Oc1ccccc1-c1nc2ccccc2s1)c1ccc([N+](=O)[O-])cc1Cl. The highest BCUT2D eigenvalue weighted by Gasteiger charge is 2.19. The van der Waals surface area contributed by atoms with Gasteiger partial charge in [-0.05, 0) is 30.3 Å². The monoisotopic (exact) mass is 410 g/mol. The lowest BCUT2D eigenvalue weighted by Crippen LogP contribution is -2.10. The van der Waals surface area contributed by atoms with Gasteiger partial charge in [-0.15, -0.1) is 11.3 Å². The number of thiazole rings is 1. The summed E-state index contributed by atoms with van der Waals surface area (Å²) >= 11 is 7.52. The average Bonchev–Trinajstić information content (AvgIpc) is 3.12. The first kappa shape index (κ1) is 18.1. The summed E-state index contributed by atoms with van der Waals surface area (Å²) in [6.07, 6.45) is 0. The van der Waals surface area contributed by atoms with Crippen LogP contribution in [-0.2, 0) is 0 Å². The molecule has 1 aromatic heterocycles. The summed E-state index contributed by atoms with van der Waals surface area (Å²) in [5, 5.41) is 11.5. The van der Waals surface area contributed by atoms with Gasteiger partial charge in [0.15, 0.2) is 0 Å². The fourth-order valence-electron chi connectivity index (χ4n) is 2.66. The first-order valence-electron chi connectivity index (χ1n) is 8.14. The third-order valence-electron chi connectivity index (χ3n) is 4.00. The Labute approximate surface area is 168 Å². The van der Waals surface area contributed by atoms with Crippen molar-refractivity contribution in [3.8, 4) is 16.3 Å². The Balaban J connectivity index is 1.67. The number of fused-ring (bicyclic) bond motifs is 1. The molecule has 138 valence electrons.